The van der Waals surface area contributed by atoms with E-state index in [-0.39, 0.29) is 0 Å². The van der Waals surface area contributed by atoms with E-state index in [4.69, 9.17) is 0 Å². The third-order valence-electron chi connectivity index (χ3n) is 5.62. The summed E-state index contributed by atoms with van der Waals surface area (Å²) >= 11 is 1.61. The van der Waals surface area contributed by atoms with E-state index < -0.39 is 0 Å². The minimum Gasteiger partial charge on any atom is -0.380 e. The summed E-state index contributed by atoms with van der Waals surface area (Å²) in [7, 11) is 0. The number of hydrogen-bond acceptors (Lipinski definition) is 9. The number of benzene rings is 1. The summed E-state index contributed by atoms with van der Waals surface area (Å²) in [6.07, 6.45) is 3.09. The van der Waals surface area contributed by atoms with E-state index in [0.717, 1.165) is 55.2 Å². The van der Waals surface area contributed by atoms with Crippen molar-refractivity contribution < 1.29 is 0 Å². The normalized spacial score (nSPS) is 14.6. The van der Waals surface area contributed by atoms with Gasteiger partial charge in [-0.3, -0.25) is 10.2 Å². The Hall–Kier alpha value is -2.78. The van der Waals surface area contributed by atoms with Crippen LogP contribution in [0.1, 0.15) is 35.2 Å². The van der Waals surface area contributed by atoms with Gasteiger partial charge in [0.15, 0.2) is 5.13 Å². The van der Waals surface area contributed by atoms with E-state index in [0.29, 0.717) is 11.8 Å². The predicted molar refractivity (Wildman–Crippen MR) is 132 cm³/mol. The summed E-state index contributed by atoms with van der Waals surface area (Å²) in [5.41, 5.74) is 3.68. The van der Waals surface area contributed by atoms with E-state index >= 15 is 0 Å². The van der Waals surface area contributed by atoms with Crippen LogP contribution in [0.2, 0.25) is 0 Å². The molecule has 0 atom stereocenters. The van der Waals surface area contributed by atoms with Gasteiger partial charge in [-0.1, -0.05) is 36.5 Å². The van der Waals surface area contributed by atoms with Crippen molar-refractivity contribution in [3.63, 3.8) is 0 Å². The van der Waals surface area contributed by atoms with Gasteiger partial charge in [-0.15, -0.1) is 0 Å². The molecule has 0 amide bonds. The first-order valence-corrected chi connectivity index (χ1v) is 12.0. The van der Waals surface area contributed by atoms with Crippen LogP contribution in [0.25, 0.3) is 0 Å². The molecule has 0 bridgehead atoms. The zero-order valence-corrected chi connectivity index (χ0v) is 20.2. The second-order valence-electron chi connectivity index (χ2n) is 8.21. The Morgan fingerprint density at radius 2 is 1.75 bits per heavy atom. The van der Waals surface area contributed by atoms with Crippen molar-refractivity contribution in [2.24, 2.45) is 0 Å². The summed E-state index contributed by atoms with van der Waals surface area (Å²) in [4.78, 5) is 24.1. The summed E-state index contributed by atoms with van der Waals surface area (Å²) < 4.78 is 0. The Kier molecular flexibility index (Phi) is 7.16. The molecule has 8 nitrogen and oxygen atoms in total. The van der Waals surface area contributed by atoms with E-state index in [1.54, 1.807) is 11.3 Å². The van der Waals surface area contributed by atoms with Crippen LogP contribution in [0.4, 0.5) is 22.7 Å². The van der Waals surface area contributed by atoms with Gasteiger partial charge in [0.05, 0.1) is 6.54 Å². The molecule has 1 aliphatic heterocycles. The van der Waals surface area contributed by atoms with Crippen LogP contribution in [-0.4, -0.2) is 57.6 Å². The zero-order valence-electron chi connectivity index (χ0n) is 19.4. The Labute approximate surface area is 194 Å². The lowest BCUT2D eigenvalue weighted by Gasteiger charge is -2.34. The maximum atomic E-state index is 4.67. The molecule has 1 aliphatic rings. The molecule has 1 aromatic carbocycles. The number of nitrogens with one attached hydrogen (secondary N) is 2. The van der Waals surface area contributed by atoms with E-state index in [1.807, 2.05) is 13.1 Å². The molecule has 3 heterocycles. The molecule has 32 heavy (non-hydrogen) atoms. The fraction of sp³-hybridized carbons (Fsp3) is 0.478. The van der Waals surface area contributed by atoms with E-state index in [1.165, 1.54) is 23.2 Å². The van der Waals surface area contributed by atoms with Crippen molar-refractivity contribution in [3.8, 4) is 0 Å². The number of thiazole rings is 1. The molecule has 1 saturated heterocycles. The highest BCUT2D eigenvalue weighted by molar-refractivity contribution is 7.15. The Balaban J connectivity index is 1.39. The topological polar surface area (TPSA) is 82.1 Å². The molecule has 1 fully saturated rings. The molecule has 0 aliphatic carbocycles. The molecule has 0 radical (unpaired) electrons. The van der Waals surface area contributed by atoms with E-state index in [2.05, 4.69) is 79.3 Å². The molecule has 170 valence electrons. The Bertz CT molecular complexity index is 1020. The lowest BCUT2D eigenvalue weighted by molar-refractivity contribution is 0.257. The molecular weight excluding hydrogens is 420 g/mol. The lowest BCUT2D eigenvalue weighted by Crippen LogP contribution is -2.47. The fourth-order valence-corrected chi connectivity index (χ4v) is 4.71. The molecule has 2 N–H and O–H groups in total. The average Bonchev–Trinajstić information content (AvgIpc) is 3.21. The molecular formula is C23H32N8S. The number of nitrogens with zero attached hydrogens (tertiary/aromatic N) is 6. The minimum absolute atomic E-state index is 0.548. The largest absolute Gasteiger partial charge is 0.380 e. The maximum absolute atomic E-state index is 4.67. The molecule has 0 spiro atoms. The highest BCUT2D eigenvalue weighted by Gasteiger charge is 2.19. The SMILES string of the molecule is CCCN1CCN(c2nc(C)nc(Nc3ncc(CNc4c(C)cccc4C)s3)n2)CC1. The minimum atomic E-state index is 0.548. The Morgan fingerprint density at radius 3 is 2.47 bits per heavy atom. The van der Waals surface area contributed by atoms with Crippen LogP contribution in [0.3, 0.4) is 0 Å². The molecule has 3 aromatic rings. The van der Waals surface area contributed by atoms with Gasteiger partial charge < -0.3 is 10.2 Å². The molecule has 9 heteroatoms. The number of piperazine rings is 1. The maximum Gasteiger partial charge on any atom is 0.234 e. The predicted octanol–water partition coefficient (Wildman–Crippen LogP) is 4.14. The second kappa shape index (κ2) is 10.2. The summed E-state index contributed by atoms with van der Waals surface area (Å²) in [6, 6.07) is 6.33. The molecule has 0 saturated carbocycles. The number of aryl methyl sites for hydroxylation is 3. The first-order chi connectivity index (χ1) is 15.5. The molecule has 0 unspecified atom stereocenters. The fourth-order valence-electron chi connectivity index (χ4n) is 3.96. The van der Waals surface area contributed by atoms with Gasteiger partial charge in [-0.25, -0.2) is 4.98 Å². The quantitative estimate of drug-likeness (QED) is 0.528. The highest BCUT2D eigenvalue weighted by atomic mass is 32.1. The Morgan fingerprint density at radius 1 is 1.00 bits per heavy atom. The summed E-state index contributed by atoms with van der Waals surface area (Å²) in [5.74, 6) is 2.00. The van der Waals surface area contributed by atoms with Crippen LogP contribution in [0, 0.1) is 20.8 Å². The first kappa shape index (κ1) is 22.4. The van der Waals surface area contributed by atoms with Gasteiger partial charge in [0.1, 0.15) is 5.82 Å². The van der Waals surface area contributed by atoms with Crippen molar-refractivity contribution >= 4 is 34.1 Å². The average molecular weight is 453 g/mol. The van der Waals surface area contributed by atoms with Crippen LogP contribution < -0.4 is 15.5 Å². The van der Waals surface area contributed by atoms with Gasteiger partial charge in [0.25, 0.3) is 0 Å². The second-order valence-corrected chi connectivity index (χ2v) is 9.33. The number of anilines is 4. The number of aromatic nitrogens is 4. The van der Waals surface area contributed by atoms with Crippen molar-refractivity contribution in [2.75, 3.05) is 48.3 Å². The van der Waals surface area contributed by atoms with Crippen molar-refractivity contribution in [1.82, 2.24) is 24.8 Å². The van der Waals surface area contributed by atoms with E-state index in [9.17, 15) is 0 Å². The van der Waals surface area contributed by atoms with Crippen molar-refractivity contribution in [3.05, 3.63) is 46.2 Å². The van der Waals surface area contributed by atoms with Gasteiger partial charge in [0, 0.05) is 42.9 Å². The van der Waals surface area contributed by atoms with Gasteiger partial charge in [0.2, 0.25) is 11.9 Å². The third kappa shape index (κ3) is 5.52. The standard InChI is InChI=1S/C23H32N8S/c1-5-9-30-10-12-31(13-11-30)22-27-18(4)26-21(28-22)29-23-25-15-19(32-23)14-24-20-16(2)7-6-8-17(20)3/h6-8,15,24H,5,9-14H2,1-4H3,(H,25,26,27,28,29). The van der Waals surface area contributed by atoms with Crippen LogP contribution in [0.15, 0.2) is 24.4 Å². The van der Waals surface area contributed by atoms with Gasteiger partial charge in [-0.05, 0) is 44.9 Å². The van der Waals surface area contributed by atoms with Crippen molar-refractivity contribution in [1.29, 1.82) is 0 Å². The zero-order chi connectivity index (χ0) is 22.5. The van der Waals surface area contributed by atoms with Crippen LogP contribution in [-0.2, 0) is 6.54 Å². The van der Waals surface area contributed by atoms with Crippen LogP contribution in [0.5, 0.6) is 0 Å². The number of hydrogen-bond donors (Lipinski definition) is 2. The highest BCUT2D eigenvalue weighted by Crippen LogP contribution is 2.25. The monoisotopic (exact) mass is 452 g/mol. The van der Waals surface area contributed by atoms with Gasteiger partial charge in [-0.2, -0.15) is 15.0 Å². The van der Waals surface area contributed by atoms with Gasteiger partial charge >= 0.3 is 0 Å². The first-order valence-electron chi connectivity index (χ1n) is 11.2. The summed E-state index contributed by atoms with van der Waals surface area (Å²) in [6.45, 7) is 14.2. The lowest BCUT2D eigenvalue weighted by atomic mass is 10.1. The smallest absolute Gasteiger partial charge is 0.234 e. The third-order valence-corrected chi connectivity index (χ3v) is 6.54. The number of para-hydroxylation sites is 1. The molecule has 4 rings (SSSR count). The van der Waals surface area contributed by atoms with Crippen LogP contribution >= 0.6 is 11.3 Å². The summed E-state index contributed by atoms with van der Waals surface area (Å²) in [5, 5.41) is 7.60. The molecule has 2 aromatic heterocycles. The van der Waals surface area contributed by atoms with Crippen molar-refractivity contribution in [2.45, 2.75) is 40.7 Å². The number of rotatable bonds is 8.